The number of aryl methyl sites for hydroxylation is 2. The van der Waals surface area contributed by atoms with Crippen molar-refractivity contribution in [3.05, 3.63) is 51.8 Å². The van der Waals surface area contributed by atoms with Crippen molar-refractivity contribution in [3.63, 3.8) is 0 Å². The zero-order valence-electron chi connectivity index (χ0n) is 18.7. The van der Waals surface area contributed by atoms with Crippen LogP contribution < -0.4 is 4.90 Å². The number of anilines is 1. The lowest BCUT2D eigenvalue weighted by Gasteiger charge is -2.33. The van der Waals surface area contributed by atoms with Crippen molar-refractivity contribution in [2.24, 2.45) is 5.92 Å². The Kier molecular flexibility index (Phi) is 6.11. The SMILES string of the molecule is Cc1cc(N2CCC(CC(=O)O)CC2)c2c(C)cn(-c3ccc(C(C)C)cc3Br)c2n1. The molecule has 1 aliphatic heterocycles. The van der Waals surface area contributed by atoms with Crippen LogP contribution in [0.5, 0.6) is 0 Å². The van der Waals surface area contributed by atoms with Gasteiger partial charge in [-0.2, -0.15) is 0 Å². The number of hydrogen-bond donors (Lipinski definition) is 1. The maximum atomic E-state index is 11.1. The smallest absolute Gasteiger partial charge is 0.303 e. The summed E-state index contributed by atoms with van der Waals surface area (Å²) < 4.78 is 3.25. The number of rotatable bonds is 5. The van der Waals surface area contributed by atoms with E-state index in [1.54, 1.807) is 0 Å². The number of halogens is 1. The standard InChI is InChI=1S/C25H30BrN3O2/c1-15(2)19-5-6-21(20(26)13-19)29-14-16(3)24-22(11-17(4)27-25(24)29)28-9-7-18(8-10-28)12-23(30)31/h5-6,11,13-15,18H,7-10,12H2,1-4H3,(H,30,31). The molecule has 0 aliphatic carbocycles. The van der Waals surface area contributed by atoms with E-state index < -0.39 is 5.97 Å². The average Bonchev–Trinajstić information content (AvgIpc) is 3.03. The van der Waals surface area contributed by atoms with E-state index in [0.29, 0.717) is 5.92 Å². The highest BCUT2D eigenvalue weighted by Crippen LogP contribution is 2.36. The Morgan fingerprint density at radius 1 is 1.19 bits per heavy atom. The van der Waals surface area contributed by atoms with Gasteiger partial charge in [0, 0.05) is 46.9 Å². The van der Waals surface area contributed by atoms with Gasteiger partial charge in [-0.3, -0.25) is 9.36 Å². The van der Waals surface area contributed by atoms with Crippen molar-refractivity contribution in [1.82, 2.24) is 9.55 Å². The molecular weight excluding hydrogens is 454 g/mol. The minimum absolute atomic E-state index is 0.272. The van der Waals surface area contributed by atoms with E-state index in [1.807, 2.05) is 6.92 Å². The lowest BCUT2D eigenvalue weighted by atomic mass is 9.93. The van der Waals surface area contributed by atoms with Crippen LogP contribution in [0.2, 0.25) is 0 Å². The average molecular weight is 484 g/mol. The van der Waals surface area contributed by atoms with E-state index in [1.165, 1.54) is 22.2 Å². The third kappa shape index (κ3) is 4.36. The summed E-state index contributed by atoms with van der Waals surface area (Å²) >= 11 is 3.78. The first-order valence-electron chi connectivity index (χ1n) is 11.0. The van der Waals surface area contributed by atoms with Gasteiger partial charge in [0.1, 0.15) is 5.65 Å². The second-order valence-corrected chi connectivity index (χ2v) is 9.91. The van der Waals surface area contributed by atoms with E-state index in [0.717, 1.165) is 47.4 Å². The summed E-state index contributed by atoms with van der Waals surface area (Å²) in [4.78, 5) is 18.4. The van der Waals surface area contributed by atoms with Gasteiger partial charge in [-0.15, -0.1) is 0 Å². The fraction of sp³-hybridized carbons (Fsp3) is 0.440. The quantitative estimate of drug-likeness (QED) is 0.467. The number of aromatic nitrogens is 2. The fourth-order valence-corrected chi connectivity index (χ4v) is 5.23. The molecule has 3 aromatic rings. The summed E-state index contributed by atoms with van der Waals surface area (Å²) in [7, 11) is 0. The van der Waals surface area contributed by atoms with Crippen molar-refractivity contribution in [1.29, 1.82) is 0 Å². The van der Waals surface area contributed by atoms with Crippen molar-refractivity contribution >= 4 is 38.6 Å². The Bertz CT molecular complexity index is 1130. The minimum atomic E-state index is -0.692. The number of pyridine rings is 1. The molecule has 1 aromatic carbocycles. The van der Waals surface area contributed by atoms with E-state index in [9.17, 15) is 4.79 Å². The van der Waals surface area contributed by atoms with Crippen molar-refractivity contribution in [2.45, 2.75) is 52.9 Å². The third-order valence-corrected chi connectivity index (χ3v) is 7.00. The van der Waals surface area contributed by atoms with Crippen molar-refractivity contribution in [2.75, 3.05) is 18.0 Å². The molecule has 0 spiro atoms. The lowest BCUT2D eigenvalue weighted by molar-refractivity contribution is -0.138. The number of nitrogens with zero attached hydrogens (tertiary/aromatic N) is 3. The maximum Gasteiger partial charge on any atom is 0.303 e. The largest absolute Gasteiger partial charge is 0.481 e. The van der Waals surface area contributed by atoms with Crippen LogP contribution in [-0.4, -0.2) is 33.7 Å². The van der Waals surface area contributed by atoms with Crippen LogP contribution in [-0.2, 0) is 4.79 Å². The topological polar surface area (TPSA) is 58.4 Å². The van der Waals surface area contributed by atoms with Gasteiger partial charge in [0.05, 0.1) is 5.69 Å². The molecule has 164 valence electrons. The highest BCUT2D eigenvalue weighted by atomic mass is 79.9. The number of piperidine rings is 1. The minimum Gasteiger partial charge on any atom is -0.481 e. The number of carboxylic acids is 1. The summed E-state index contributed by atoms with van der Waals surface area (Å²) in [6.45, 7) is 10.4. The summed E-state index contributed by atoms with van der Waals surface area (Å²) in [6, 6.07) is 8.73. The zero-order valence-corrected chi connectivity index (χ0v) is 20.2. The molecule has 5 nitrogen and oxygen atoms in total. The fourth-order valence-electron chi connectivity index (χ4n) is 4.65. The highest BCUT2D eigenvalue weighted by molar-refractivity contribution is 9.10. The Hall–Kier alpha value is -2.34. The number of hydrogen-bond acceptors (Lipinski definition) is 3. The third-order valence-electron chi connectivity index (χ3n) is 6.37. The predicted octanol–water partition coefficient (Wildman–Crippen LogP) is 6.22. The van der Waals surface area contributed by atoms with Crippen LogP contribution in [0.3, 0.4) is 0 Å². The van der Waals surface area contributed by atoms with Gasteiger partial charge in [-0.25, -0.2) is 4.98 Å². The molecule has 1 N–H and O–H groups in total. The van der Waals surface area contributed by atoms with E-state index in [2.05, 4.69) is 76.6 Å². The normalized spacial score (nSPS) is 15.2. The Morgan fingerprint density at radius 2 is 1.90 bits per heavy atom. The molecule has 0 radical (unpaired) electrons. The van der Waals surface area contributed by atoms with Gasteiger partial charge in [0.2, 0.25) is 0 Å². The maximum absolute atomic E-state index is 11.1. The van der Waals surface area contributed by atoms with E-state index in [-0.39, 0.29) is 12.3 Å². The van der Waals surface area contributed by atoms with Crippen LogP contribution in [0, 0.1) is 19.8 Å². The van der Waals surface area contributed by atoms with Gasteiger partial charge in [0.25, 0.3) is 0 Å². The first kappa shape index (κ1) is 21.9. The number of fused-ring (bicyclic) bond motifs is 1. The van der Waals surface area contributed by atoms with Gasteiger partial charge < -0.3 is 10.0 Å². The van der Waals surface area contributed by atoms with Gasteiger partial charge in [-0.05, 0) is 83.8 Å². The van der Waals surface area contributed by atoms with Crippen LogP contribution in [0.1, 0.15) is 55.8 Å². The first-order valence-corrected chi connectivity index (χ1v) is 11.8. The highest BCUT2D eigenvalue weighted by Gasteiger charge is 2.25. The molecule has 4 rings (SSSR count). The second kappa shape index (κ2) is 8.65. The molecule has 31 heavy (non-hydrogen) atoms. The molecule has 2 aromatic heterocycles. The molecule has 0 saturated carbocycles. The molecule has 1 aliphatic rings. The predicted molar refractivity (Wildman–Crippen MR) is 130 cm³/mol. The van der Waals surface area contributed by atoms with E-state index >= 15 is 0 Å². The summed E-state index contributed by atoms with van der Waals surface area (Å²) in [6.07, 6.45) is 4.27. The Morgan fingerprint density at radius 3 is 2.52 bits per heavy atom. The number of carboxylic acid groups (broad SMARTS) is 1. The summed E-state index contributed by atoms with van der Waals surface area (Å²) in [5.74, 6) is 0.0559. The molecule has 0 atom stereocenters. The lowest BCUT2D eigenvalue weighted by Crippen LogP contribution is -2.34. The monoisotopic (exact) mass is 483 g/mol. The molecular formula is C25H30BrN3O2. The molecule has 0 amide bonds. The molecule has 1 fully saturated rings. The molecule has 3 heterocycles. The zero-order chi connectivity index (χ0) is 22.3. The second-order valence-electron chi connectivity index (χ2n) is 9.06. The van der Waals surface area contributed by atoms with Gasteiger partial charge >= 0.3 is 5.97 Å². The van der Waals surface area contributed by atoms with Crippen LogP contribution in [0.25, 0.3) is 16.7 Å². The van der Waals surface area contributed by atoms with Crippen LogP contribution >= 0.6 is 15.9 Å². The molecule has 1 saturated heterocycles. The van der Waals surface area contributed by atoms with Gasteiger partial charge in [0.15, 0.2) is 0 Å². The Labute approximate surface area is 192 Å². The van der Waals surface area contributed by atoms with Crippen LogP contribution in [0.4, 0.5) is 5.69 Å². The summed E-state index contributed by atoms with van der Waals surface area (Å²) in [5, 5.41) is 10.3. The van der Waals surface area contributed by atoms with Crippen molar-refractivity contribution < 1.29 is 9.90 Å². The number of carbonyl (C=O) groups is 1. The summed E-state index contributed by atoms with van der Waals surface area (Å²) in [5.41, 5.74) is 6.76. The van der Waals surface area contributed by atoms with Crippen molar-refractivity contribution in [3.8, 4) is 5.69 Å². The number of aliphatic carboxylic acids is 1. The molecule has 0 bridgehead atoms. The number of benzene rings is 1. The van der Waals surface area contributed by atoms with Crippen LogP contribution in [0.15, 0.2) is 34.9 Å². The first-order chi connectivity index (χ1) is 14.7. The Balaban J connectivity index is 1.74. The van der Waals surface area contributed by atoms with Gasteiger partial charge in [-0.1, -0.05) is 19.9 Å². The molecule has 6 heteroatoms. The van der Waals surface area contributed by atoms with E-state index in [4.69, 9.17) is 10.1 Å². The molecule has 0 unspecified atom stereocenters.